The molecule has 0 spiro atoms. The van der Waals surface area contributed by atoms with E-state index in [1.807, 2.05) is 6.07 Å². The molecular formula is C15H18N4O2. The van der Waals surface area contributed by atoms with Gasteiger partial charge in [-0.1, -0.05) is 24.3 Å². The zero-order chi connectivity index (χ0) is 15.0. The summed E-state index contributed by atoms with van der Waals surface area (Å²) in [6.07, 6.45) is 2.52. The van der Waals surface area contributed by atoms with Crippen LogP contribution in [0.15, 0.2) is 30.6 Å². The van der Waals surface area contributed by atoms with Gasteiger partial charge in [0, 0.05) is 26.1 Å². The third-order valence-electron chi connectivity index (χ3n) is 4.18. The molecule has 1 atom stereocenters. The monoisotopic (exact) mass is 286 g/mol. The molecule has 1 aromatic heterocycles. The van der Waals surface area contributed by atoms with Gasteiger partial charge in [-0.3, -0.25) is 4.57 Å². The predicted octanol–water partition coefficient (Wildman–Crippen LogP) is 2.63. The lowest BCUT2D eigenvalue weighted by Crippen LogP contribution is -2.22. The number of imidazole rings is 1. The van der Waals surface area contributed by atoms with Gasteiger partial charge in [0.2, 0.25) is 12.1 Å². The number of aryl methyl sites for hydroxylation is 2. The fraction of sp³-hybridized carbons (Fsp3) is 0.400. The summed E-state index contributed by atoms with van der Waals surface area (Å²) in [7, 11) is 1.80. The molecule has 1 aromatic carbocycles. The van der Waals surface area contributed by atoms with Crippen molar-refractivity contribution in [2.24, 2.45) is 7.05 Å². The minimum absolute atomic E-state index is 0.0528. The SMILES string of the molecule is Cc1ccccc1C1CCN(c2c([N+](=O)[O-])ncn2C)C1. The second-order valence-corrected chi connectivity index (χ2v) is 5.55. The van der Waals surface area contributed by atoms with E-state index in [0.29, 0.717) is 11.7 Å². The van der Waals surface area contributed by atoms with E-state index in [4.69, 9.17) is 0 Å². The van der Waals surface area contributed by atoms with Gasteiger partial charge in [-0.05, 0) is 34.4 Å². The van der Waals surface area contributed by atoms with Gasteiger partial charge in [-0.25, -0.2) is 0 Å². The first-order valence-corrected chi connectivity index (χ1v) is 7.04. The van der Waals surface area contributed by atoms with Crippen LogP contribution in [0.2, 0.25) is 0 Å². The number of hydrogen-bond donors (Lipinski definition) is 0. The van der Waals surface area contributed by atoms with E-state index in [2.05, 4.69) is 35.0 Å². The molecule has 0 saturated carbocycles. The maximum Gasteiger partial charge on any atom is 0.406 e. The summed E-state index contributed by atoms with van der Waals surface area (Å²) in [4.78, 5) is 16.7. The Bertz CT molecular complexity index is 680. The number of nitro groups is 1. The number of hydrogen-bond acceptors (Lipinski definition) is 4. The fourth-order valence-corrected chi connectivity index (χ4v) is 3.16. The highest BCUT2D eigenvalue weighted by Gasteiger charge is 2.32. The largest absolute Gasteiger partial charge is 0.406 e. The molecule has 0 amide bonds. The fourth-order valence-electron chi connectivity index (χ4n) is 3.16. The van der Waals surface area contributed by atoms with E-state index in [1.54, 1.807) is 11.6 Å². The lowest BCUT2D eigenvalue weighted by molar-refractivity contribution is -0.388. The van der Waals surface area contributed by atoms with Crippen LogP contribution in [0.5, 0.6) is 0 Å². The standard InChI is InChI=1S/C15H18N4O2/c1-11-5-3-4-6-13(11)12-7-8-18(9-12)15-14(19(20)21)16-10-17(15)2/h3-6,10,12H,7-9H2,1-2H3. The molecule has 0 bridgehead atoms. The Balaban J connectivity index is 1.87. The molecule has 1 unspecified atom stereocenters. The molecule has 1 saturated heterocycles. The Morgan fingerprint density at radius 1 is 1.38 bits per heavy atom. The van der Waals surface area contributed by atoms with Crippen molar-refractivity contribution in [1.82, 2.24) is 9.55 Å². The summed E-state index contributed by atoms with van der Waals surface area (Å²) in [5.74, 6) is 0.972. The summed E-state index contributed by atoms with van der Waals surface area (Å²) in [6, 6.07) is 8.36. The van der Waals surface area contributed by atoms with Crippen molar-refractivity contribution in [3.05, 3.63) is 51.8 Å². The third kappa shape index (κ3) is 2.37. The maximum absolute atomic E-state index is 11.1. The molecule has 21 heavy (non-hydrogen) atoms. The molecular weight excluding hydrogens is 268 g/mol. The van der Waals surface area contributed by atoms with E-state index in [9.17, 15) is 10.1 Å². The van der Waals surface area contributed by atoms with Crippen molar-refractivity contribution in [2.45, 2.75) is 19.3 Å². The second-order valence-electron chi connectivity index (χ2n) is 5.55. The van der Waals surface area contributed by atoms with Crippen molar-refractivity contribution < 1.29 is 4.92 Å². The maximum atomic E-state index is 11.1. The molecule has 1 aliphatic heterocycles. The summed E-state index contributed by atoms with van der Waals surface area (Å²) < 4.78 is 1.73. The van der Waals surface area contributed by atoms with Crippen LogP contribution in [-0.2, 0) is 7.05 Å². The van der Waals surface area contributed by atoms with E-state index in [1.165, 1.54) is 17.5 Å². The Morgan fingerprint density at radius 3 is 2.86 bits per heavy atom. The molecule has 0 N–H and O–H groups in total. The first-order chi connectivity index (χ1) is 10.1. The number of nitrogens with zero attached hydrogens (tertiary/aromatic N) is 4. The normalized spacial score (nSPS) is 18.2. The molecule has 1 fully saturated rings. The van der Waals surface area contributed by atoms with Crippen LogP contribution in [-0.4, -0.2) is 27.6 Å². The van der Waals surface area contributed by atoms with Gasteiger partial charge >= 0.3 is 5.82 Å². The number of benzene rings is 1. The molecule has 2 heterocycles. The molecule has 3 rings (SSSR count). The molecule has 6 heteroatoms. The van der Waals surface area contributed by atoms with E-state index in [0.717, 1.165) is 19.5 Å². The van der Waals surface area contributed by atoms with Crippen LogP contribution in [0.4, 0.5) is 11.6 Å². The Morgan fingerprint density at radius 2 is 2.14 bits per heavy atom. The summed E-state index contributed by atoms with van der Waals surface area (Å²) in [6.45, 7) is 3.73. The third-order valence-corrected chi connectivity index (χ3v) is 4.18. The summed E-state index contributed by atoms with van der Waals surface area (Å²) in [5.41, 5.74) is 2.62. The van der Waals surface area contributed by atoms with Gasteiger partial charge in [0.1, 0.15) is 0 Å². The molecule has 2 aromatic rings. The number of anilines is 1. The first kappa shape index (κ1) is 13.6. The molecule has 6 nitrogen and oxygen atoms in total. The van der Waals surface area contributed by atoms with Crippen LogP contribution in [0.3, 0.4) is 0 Å². The van der Waals surface area contributed by atoms with Crippen LogP contribution in [0.25, 0.3) is 0 Å². The summed E-state index contributed by atoms with van der Waals surface area (Å²) >= 11 is 0. The summed E-state index contributed by atoms with van der Waals surface area (Å²) in [5, 5.41) is 11.1. The van der Waals surface area contributed by atoms with Crippen molar-refractivity contribution in [2.75, 3.05) is 18.0 Å². The minimum Gasteiger partial charge on any atom is -0.358 e. The van der Waals surface area contributed by atoms with Crippen LogP contribution >= 0.6 is 0 Å². The highest BCUT2D eigenvalue weighted by atomic mass is 16.6. The Kier molecular flexibility index (Phi) is 3.37. The molecule has 0 radical (unpaired) electrons. The highest BCUT2D eigenvalue weighted by Crippen LogP contribution is 2.35. The predicted molar refractivity (Wildman–Crippen MR) is 80.6 cm³/mol. The quantitative estimate of drug-likeness (QED) is 0.642. The van der Waals surface area contributed by atoms with Crippen molar-refractivity contribution in [3.63, 3.8) is 0 Å². The number of aromatic nitrogens is 2. The van der Waals surface area contributed by atoms with Crippen LogP contribution < -0.4 is 4.90 Å². The number of rotatable bonds is 3. The lowest BCUT2D eigenvalue weighted by Gasteiger charge is -2.18. The minimum atomic E-state index is -0.406. The van der Waals surface area contributed by atoms with Crippen LogP contribution in [0, 0.1) is 17.0 Å². The highest BCUT2D eigenvalue weighted by molar-refractivity contribution is 5.56. The van der Waals surface area contributed by atoms with Gasteiger partial charge in [0.15, 0.2) is 0 Å². The van der Waals surface area contributed by atoms with Gasteiger partial charge in [0.05, 0.1) is 0 Å². The van der Waals surface area contributed by atoms with Gasteiger partial charge in [0.25, 0.3) is 0 Å². The topological polar surface area (TPSA) is 64.2 Å². The average molecular weight is 286 g/mol. The average Bonchev–Trinajstić information content (AvgIpc) is 3.05. The molecule has 110 valence electrons. The van der Waals surface area contributed by atoms with Gasteiger partial charge in [-0.2, -0.15) is 0 Å². The van der Waals surface area contributed by atoms with E-state index in [-0.39, 0.29) is 5.82 Å². The zero-order valence-electron chi connectivity index (χ0n) is 12.2. The van der Waals surface area contributed by atoms with E-state index >= 15 is 0 Å². The van der Waals surface area contributed by atoms with Crippen molar-refractivity contribution in [3.8, 4) is 0 Å². The Labute approximate surface area is 123 Å². The van der Waals surface area contributed by atoms with Crippen molar-refractivity contribution >= 4 is 11.6 Å². The van der Waals surface area contributed by atoms with Crippen LogP contribution in [0.1, 0.15) is 23.5 Å². The van der Waals surface area contributed by atoms with Gasteiger partial charge < -0.3 is 15.0 Å². The zero-order valence-corrected chi connectivity index (χ0v) is 12.2. The smallest absolute Gasteiger partial charge is 0.358 e. The van der Waals surface area contributed by atoms with E-state index < -0.39 is 4.92 Å². The molecule has 0 aliphatic carbocycles. The van der Waals surface area contributed by atoms with Crippen molar-refractivity contribution in [1.29, 1.82) is 0 Å². The lowest BCUT2D eigenvalue weighted by atomic mass is 9.94. The Hall–Kier alpha value is -2.37. The van der Waals surface area contributed by atoms with Gasteiger partial charge in [-0.15, -0.1) is 0 Å². The second kappa shape index (κ2) is 5.20. The molecule has 1 aliphatic rings. The first-order valence-electron chi connectivity index (χ1n) is 7.04.